The molecule has 0 aliphatic rings. The first-order chi connectivity index (χ1) is 29.3. The second-order valence-corrected chi connectivity index (χ2v) is 13.9. The van der Waals surface area contributed by atoms with E-state index in [0.29, 0.717) is 0 Å². The molecule has 0 aliphatic carbocycles. The maximum absolute atomic E-state index is 6.91. The molecule has 284 valence electrons. The molecule has 3 heteroatoms. The van der Waals surface area contributed by atoms with Crippen LogP contribution in [0.5, 0.6) is 0 Å². The third kappa shape index (κ3) is 10.00. The summed E-state index contributed by atoms with van der Waals surface area (Å²) in [6.07, 6.45) is 12.9. The lowest BCUT2D eigenvalue weighted by atomic mass is 9.97. The molecule has 0 bridgehead atoms. The van der Waals surface area contributed by atoms with Crippen LogP contribution in [0.2, 0.25) is 0 Å². The highest BCUT2D eigenvalue weighted by Crippen LogP contribution is 2.33. The van der Waals surface area contributed by atoms with E-state index in [1.807, 2.05) is 70.8 Å². The van der Waals surface area contributed by atoms with Crippen molar-refractivity contribution in [3.8, 4) is 0 Å². The highest BCUT2D eigenvalue weighted by Gasteiger charge is 2.19. The van der Waals surface area contributed by atoms with Gasteiger partial charge in [-0.2, -0.15) is 10.1 Å². The number of allylic oxidation sites excluding steroid dienone is 4. The lowest BCUT2D eigenvalue weighted by molar-refractivity contribution is 0.137. The van der Waals surface area contributed by atoms with Crippen molar-refractivity contribution in [3.05, 3.63) is 288 Å². The lowest BCUT2D eigenvalue weighted by Crippen LogP contribution is -2.29. The Morgan fingerprint density at radius 1 is 0.288 bits per heavy atom. The van der Waals surface area contributed by atoms with E-state index in [-0.39, 0.29) is 0 Å². The number of nitrogens with zero attached hydrogens (tertiary/aromatic N) is 2. The molecule has 8 aromatic carbocycles. The number of para-hydroxylation sites is 2. The van der Waals surface area contributed by atoms with Crippen LogP contribution in [0.1, 0.15) is 33.4 Å². The van der Waals surface area contributed by atoms with Gasteiger partial charge in [0.1, 0.15) is 0 Å². The van der Waals surface area contributed by atoms with Crippen molar-refractivity contribution in [2.45, 2.75) is 0 Å². The van der Waals surface area contributed by atoms with Gasteiger partial charge < -0.3 is 0 Å². The van der Waals surface area contributed by atoms with E-state index in [2.05, 4.69) is 206 Å². The maximum Gasteiger partial charge on any atom is 0.0720 e. The number of benzene rings is 8. The van der Waals surface area contributed by atoms with Crippen LogP contribution in [0.3, 0.4) is 0 Å². The second kappa shape index (κ2) is 19.4. The fourth-order valence-electron chi connectivity index (χ4n) is 6.84. The zero-order valence-corrected chi connectivity index (χ0v) is 32.7. The Balaban J connectivity index is 1.06. The van der Waals surface area contributed by atoms with E-state index >= 15 is 0 Å². The van der Waals surface area contributed by atoms with E-state index in [4.69, 9.17) is 4.94 Å². The van der Waals surface area contributed by atoms with Gasteiger partial charge in [0.05, 0.1) is 22.7 Å². The summed E-state index contributed by atoms with van der Waals surface area (Å²) >= 11 is 0. The maximum atomic E-state index is 6.91. The molecule has 0 saturated heterocycles. The molecule has 0 N–H and O–H groups in total. The normalized spacial score (nSPS) is 11.0. The van der Waals surface area contributed by atoms with Crippen LogP contribution in [0.25, 0.3) is 23.3 Å². The van der Waals surface area contributed by atoms with Crippen molar-refractivity contribution in [1.82, 2.24) is 0 Å². The summed E-state index contributed by atoms with van der Waals surface area (Å²) in [5, 5.41) is 3.74. The van der Waals surface area contributed by atoms with Crippen molar-refractivity contribution in [2.24, 2.45) is 0 Å². The predicted molar refractivity (Wildman–Crippen MR) is 249 cm³/mol. The van der Waals surface area contributed by atoms with Gasteiger partial charge in [-0.05, 0) is 93.1 Å². The predicted octanol–water partition coefficient (Wildman–Crippen LogP) is 14.8. The molecule has 0 atom stereocenters. The Labute approximate surface area is 348 Å². The molecule has 0 heterocycles. The zero-order valence-electron chi connectivity index (χ0n) is 32.7. The van der Waals surface area contributed by atoms with Gasteiger partial charge in [-0.15, -0.1) is 4.94 Å². The van der Waals surface area contributed by atoms with Crippen LogP contribution in [0, 0.1) is 0 Å². The summed E-state index contributed by atoms with van der Waals surface area (Å²) in [6.45, 7) is 0. The van der Waals surface area contributed by atoms with Crippen molar-refractivity contribution in [3.63, 3.8) is 0 Å². The van der Waals surface area contributed by atoms with Crippen molar-refractivity contribution in [1.29, 1.82) is 0 Å². The van der Waals surface area contributed by atoms with Gasteiger partial charge in [-0.1, -0.05) is 218 Å². The van der Waals surface area contributed by atoms with Gasteiger partial charge in [0, 0.05) is 0 Å². The highest BCUT2D eigenvalue weighted by atomic mass is 16.8. The number of hydrogen-bond donors (Lipinski definition) is 0. The molecular formula is C56H44N2O. The molecule has 0 radical (unpaired) electrons. The number of anilines is 4. The lowest BCUT2D eigenvalue weighted by Gasteiger charge is -2.31. The minimum atomic E-state index is 0.887. The van der Waals surface area contributed by atoms with Gasteiger partial charge in [-0.3, -0.25) is 0 Å². The molecule has 0 fully saturated rings. The quantitative estimate of drug-likeness (QED) is 0.0811. The van der Waals surface area contributed by atoms with Gasteiger partial charge in [0.25, 0.3) is 0 Å². The van der Waals surface area contributed by atoms with E-state index < -0.39 is 0 Å². The molecule has 0 unspecified atom stereocenters. The third-order valence-corrected chi connectivity index (χ3v) is 9.84. The summed E-state index contributed by atoms with van der Waals surface area (Å²) in [5.41, 5.74) is 12.8. The minimum absolute atomic E-state index is 0.887. The van der Waals surface area contributed by atoms with Crippen LogP contribution in [0.4, 0.5) is 22.7 Å². The molecule has 59 heavy (non-hydrogen) atoms. The monoisotopic (exact) mass is 760 g/mol. The molecule has 0 aliphatic heterocycles. The highest BCUT2D eigenvalue weighted by molar-refractivity contribution is 5.82. The van der Waals surface area contributed by atoms with Crippen LogP contribution in [0.15, 0.2) is 255 Å². The van der Waals surface area contributed by atoms with Crippen LogP contribution in [-0.4, -0.2) is 0 Å². The van der Waals surface area contributed by atoms with Gasteiger partial charge in [0.15, 0.2) is 0 Å². The Bertz CT molecular complexity index is 2350. The fraction of sp³-hybridized carbons (Fsp3) is 0. The Hall–Kier alpha value is -7.72. The fourth-order valence-corrected chi connectivity index (χ4v) is 6.84. The van der Waals surface area contributed by atoms with E-state index in [9.17, 15) is 0 Å². The largest absolute Gasteiger partial charge is 0.197 e. The van der Waals surface area contributed by atoms with Crippen molar-refractivity contribution in [2.75, 3.05) is 10.1 Å². The second-order valence-electron chi connectivity index (χ2n) is 13.9. The van der Waals surface area contributed by atoms with Gasteiger partial charge in [-0.25, -0.2) is 0 Å². The van der Waals surface area contributed by atoms with Crippen LogP contribution >= 0.6 is 0 Å². The van der Waals surface area contributed by atoms with Gasteiger partial charge in [0.2, 0.25) is 0 Å². The average molecular weight is 761 g/mol. The summed E-state index contributed by atoms with van der Waals surface area (Å²) in [4.78, 5) is 6.91. The Morgan fingerprint density at radius 3 is 0.831 bits per heavy atom. The van der Waals surface area contributed by atoms with E-state index in [1.165, 1.54) is 33.4 Å². The topological polar surface area (TPSA) is 15.7 Å². The first-order valence-electron chi connectivity index (χ1n) is 19.9. The van der Waals surface area contributed by atoms with E-state index in [1.54, 1.807) is 0 Å². The standard InChI is InChI=1S/C56H44N2O/c1-7-23-47(24-8-1)55(48-25-9-2-10-26-48)35-19-21-45-37-41-53(42-38-45)57(51-31-15-5-16-32-51)59-58(52-33-17-6-18-34-52)54-43-39-46(40-44-54)22-20-36-56(49-27-11-3-12-28-49)50-29-13-4-14-30-50/h1-44H. The zero-order chi connectivity index (χ0) is 39.9. The number of rotatable bonds is 14. The molecule has 3 nitrogen and oxygen atoms in total. The van der Waals surface area contributed by atoms with Gasteiger partial charge >= 0.3 is 0 Å². The van der Waals surface area contributed by atoms with Crippen LogP contribution in [-0.2, 0) is 4.94 Å². The van der Waals surface area contributed by atoms with Crippen molar-refractivity contribution < 1.29 is 4.94 Å². The first kappa shape index (κ1) is 38.2. The summed E-state index contributed by atoms with van der Waals surface area (Å²) in [6, 6.07) is 79.2. The first-order valence-corrected chi connectivity index (χ1v) is 19.9. The Kier molecular flexibility index (Phi) is 12.6. The molecule has 0 spiro atoms. The molecule has 0 aromatic heterocycles. The molecule has 8 rings (SSSR count). The third-order valence-electron chi connectivity index (χ3n) is 9.84. The molecule has 8 aromatic rings. The molecule has 0 saturated carbocycles. The average Bonchev–Trinajstić information content (AvgIpc) is 3.32. The van der Waals surface area contributed by atoms with Crippen LogP contribution < -0.4 is 10.1 Å². The molecule has 0 amide bonds. The summed E-state index contributed by atoms with van der Waals surface area (Å²) in [5.74, 6) is 0. The summed E-state index contributed by atoms with van der Waals surface area (Å²) < 4.78 is 0. The smallest absolute Gasteiger partial charge is 0.0720 e. The SMILES string of the molecule is C(=Cc1ccc(N(ON(c2ccccc2)c2ccc(C=CC=C(c3ccccc3)c3ccccc3)cc2)c2ccccc2)cc1)C=C(c1ccccc1)c1ccccc1. The number of hydrogen-bond acceptors (Lipinski definition) is 3. The molecular weight excluding hydrogens is 717 g/mol. The van der Waals surface area contributed by atoms with E-state index in [0.717, 1.165) is 33.9 Å². The minimum Gasteiger partial charge on any atom is -0.197 e. The Morgan fingerprint density at radius 2 is 0.542 bits per heavy atom. The van der Waals surface area contributed by atoms with Crippen molar-refractivity contribution >= 4 is 46.0 Å². The summed E-state index contributed by atoms with van der Waals surface area (Å²) in [7, 11) is 0.